The van der Waals surface area contributed by atoms with Gasteiger partial charge in [0.1, 0.15) is 0 Å². The van der Waals surface area contributed by atoms with E-state index in [0.29, 0.717) is 0 Å². The second-order valence-electron chi connectivity index (χ2n) is 6.26. The number of rotatable bonds is 6. The van der Waals surface area contributed by atoms with Crippen LogP contribution in [0.2, 0.25) is 0 Å². The number of amides is 1. The fourth-order valence-electron chi connectivity index (χ4n) is 2.74. The number of nitrogens with zero attached hydrogens (tertiary/aromatic N) is 1. The van der Waals surface area contributed by atoms with Gasteiger partial charge in [-0.15, -0.1) is 0 Å². The van der Waals surface area contributed by atoms with Crippen molar-refractivity contribution in [3.8, 4) is 0 Å². The van der Waals surface area contributed by atoms with E-state index in [9.17, 15) is 4.79 Å². The molecule has 2 rings (SSSR count). The van der Waals surface area contributed by atoms with E-state index in [0.717, 1.165) is 19.4 Å². The second-order valence-corrected chi connectivity index (χ2v) is 7.78. The van der Waals surface area contributed by atoms with Gasteiger partial charge < -0.3 is 4.90 Å². The maximum atomic E-state index is 12.7. The van der Waals surface area contributed by atoms with Crippen LogP contribution in [-0.4, -0.2) is 40.6 Å². The molecule has 1 heterocycles. The van der Waals surface area contributed by atoms with Gasteiger partial charge in [0.25, 0.3) is 0 Å². The van der Waals surface area contributed by atoms with E-state index in [1.54, 1.807) is 0 Å². The fraction of sp³-hybridized carbons (Fsp3) is 0.588. The summed E-state index contributed by atoms with van der Waals surface area (Å²) >= 11 is 1.81. The maximum Gasteiger partial charge on any atom is 0.241 e. The second kappa shape index (κ2) is 6.84. The van der Waals surface area contributed by atoms with Gasteiger partial charge in [-0.05, 0) is 38.5 Å². The number of hydrogen-bond acceptors (Lipinski definition) is 3. The highest BCUT2D eigenvalue weighted by Crippen LogP contribution is 2.26. The Balaban J connectivity index is 2.08. The summed E-state index contributed by atoms with van der Waals surface area (Å²) in [6.45, 7) is 7.32. The minimum atomic E-state index is -0.0880. The van der Waals surface area contributed by atoms with Crippen molar-refractivity contribution < 1.29 is 4.79 Å². The largest absolute Gasteiger partial charge is 0.324 e. The molecule has 0 spiro atoms. The summed E-state index contributed by atoms with van der Waals surface area (Å²) in [4.78, 5) is 14.8. The van der Waals surface area contributed by atoms with E-state index >= 15 is 0 Å². The van der Waals surface area contributed by atoms with Crippen LogP contribution in [0.3, 0.4) is 0 Å². The molecule has 1 aromatic rings. The molecule has 3 nitrogen and oxygen atoms in total. The van der Waals surface area contributed by atoms with Crippen molar-refractivity contribution >= 4 is 17.7 Å². The number of carbonyl (C=O) groups is 1. The molecule has 4 heteroatoms. The van der Waals surface area contributed by atoms with Crippen molar-refractivity contribution in [2.75, 3.05) is 12.8 Å². The first-order chi connectivity index (χ1) is 9.96. The van der Waals surface area contributed by atoms with Crippen molar-refractivity contribution in [2.45, 2.75) is 50.6 Å². The van der Waals surface area contributed by atoms with Crippen LogP contribution in [0.15, 0.2) is 30.3 Å². The molecular weight excluding hydrogens is 280 g/mol. The molecule has 0 bridgehead atoms. The summed E-state index contributed by atoms with van der Waals surface area (Å²) in [5, 5.41) is 3.50. The minimum absolute atomic E-state index is 0.0880. The lowest BCUT2D eigenvalue weighted by atomic mass is 10.1. The lowest BCUT2D eigenvalue weighted by molar-refractivity contribution is -0.130. The third kappa shape index (κ3) is 4.01. The Morgan fingerprint density at radius 3 is 2.52 bits per heavy atom. The molecule has 2 unspecified atom stereocenters. The van der Waals surface area contributed by atoms with E-state index in [2.05, 4.69) is 44.5 Å². The van der Waals surface area contributed by atoms with E-state index in [1.807, 2.05) is 34.9 Å². The molecule has 1 aliphatic heterocycles. The Morgan fingerprint density at radius 2 is 1.95 bits per heavy atom. The molecule has 21 heavy (non-hydrogen) atoms. The molecule has 0 saturated carbocycles. The van der Waals surface area contributed by atoms with E-state index in [4.69, 9.17) is 0 Å². The smallest absolute Gasteiger partial charge is 0.241 e. The summed E-state index contributed by atoms with van der Waals surface area (Å²) in [5.74, 6) is 0.243. The monoisotopic (exact) mass is 306 g/mol. The normalized spacial score (nSPS) is 22.9. The zero-order valence-electron chi connectivity index (χ0n) is 13.4. The van der Waals surface area contributed by atoms with Crippen LogP contribution in [0, 0.1) is 0 Å². The third-order valence-electron chi connectivity index (χ3n) is 4.12. The average molecular weight is 306 g/mol. The van der Waals surface area contributed by atoms with E-state index in [1.165, 1.54) is 5.56 Å². The highest BCUT2D eigenvalue weighted by Gasteiger charge is 2.39. The summed E-state index contributed by atoms with van der Waals surface area (Å²) in [7, 11) is 0. The molecule has 0 aromatic heterocycles. The summed E-state index contributed by atoms with van der Waals surface area (Å²) in [6.07, 6.45) is 3.99. The van der Waals surface area contributed by atoms with E-state index < -0.39 is 0 Å². The van der Waals surface area contributed by atoms with Crippen molar-refractivity contribution in [2.24, 2.45) is 0 Å². The van der Waals surface area contributed by atoms with Gasteiger partial charge in [-0.3, -0.25) is 10.1 Å². The molecule has 1 N–H and O–H groups in total. The Bertz CT molecular complexity index is 475. The molecule has 0 aliphatic carbocycles. The number of benzene rings is 1. The van der Waals surface area contributed by atoms with Crippen molar-refractivity contribution in [3.05, 3.63) is 35.9 Å². The lowest BCUT2D eigenvalue weighted by Crippen LogP contribution is -2.44. The fourth-order valence-corrected chi connectivity index (χ4v) is 3.01. The summed E-state index contributed by atoms with van der Waals surface area (Å²) < 4.78 is 0.0897. The van der Waals surface area contributed by atoms with Crippen molar-refractivity contribution in [3.63, 3.8) is 0 Å². The topological polar surface area (TPSA) is 32.3 Å². The molecule has 116 valence electrons. The molecular formula is C17H26N2OS. The Labute approximate surface area is 132 Å². The van der Waals surface area contributed by atoms with Gasteiger partial charge in [0, 0.05) is 11.3 Å². The van der Waals surface area contributed by atoms with Crippen LogP contribution in [-0.2, 0) is 11.2 Å². The van der Waals surface area contributed by atoms with Crippen LogP contribution < -0.4 is 5.32 Å². The SMILES string of the molecule is CCC1NC(Cc2ccccc2)C(=O)N1CC(C)(C)SC. The highest BCUT2D eigenvalue weighted by molar-refractivity contribution is 7.99. The molecule has 2 atom stereocenters. The molecule has 0 radical (unpaired) electrons. The van der Waals surface area contributed by atoms with Gasteiger partial charge in [-0.1, -0.05) is 37.3 Å². The van der Waals surface area contributed by atoms with Crippen LogP contribution in [0.25, 0.3) is 0 Å². The molecule has 1 saturated heterocycles. The first kappa shape index (κ1) is 16.4. The van der Waals surface area contributed by atoms with Gasteiger partial charge in [-0.2, -0.15) is 11.8 Å². The van der Waals surface area contributed by atoms with Crippen LogP contribution in [0.1, 0.15) is 32.8 Å². The molecule has 1 aromatic carbocycles. The number of nitrogens with one attached hydrogen (secondary N) is 1. The summed E-state index contributed by atoms with van der Waals surface area (Å²) in [5.41, 5.74) is 1.21. The Morgan fingerprint density at radius 1 is 1.29 bits per heavy atom. The van der Waals surface area contributed by atoms with Crippen LogP contribution in [0.5, 0.6) is 0 Å². The zero-order chi connectivity index (χ0) is 15.5. The van der Waals surface area contributed by atoms with Gasteiger partial charge in [0.05, 0.1) is 12.2 Å². The number of thioether (sulfide) groups is 1. The molecule has 1 amide bonds. The molecule has 1 aliphatic rings. The Kier molecular flexibility index (Phi) is 5.33. The lowest BCUT2D eigenvalue weighted by Gasteiger charge is -2.32. The highest BCUT2D eigenvalue weighted by atomic mass is 32.2. The number of carbonyl (C=O) groups excluding carboxylic acids is 1. The van der Waals surface area contributed by atoms with Crippen molar-refractivity contribution in [1.29, 1.82) is 0 Å². The maximum absolute atomic E-state index is 12.7. The Hall–Kier alpha value is -1.00. The average Bonchev–Trinajstić information content (AvgIpc) is 2.76. The van der Waals surface area contributed by atoms with Gasteiger partial charge >= 0.3 is 0 Å². The van der Waals surface area contributed by atoms with E-state index in [-0.39, 0.29) is 22.9 Å². The standard InChI is InChI=1S/C17H26N2OS/c1-5-15-18-14(11-13-9-7-6-8-10-13)16(20)19(15)12-17(2,3)21-4/h6-10,14-15,18H,5,11-12H2,1-4H3. The zero-order valence-corrected chi connectivity index (χ0v) is 14.2. The van der Waals surface area contributed by atoms with Crippen LogP contribution >= 0.6 is 11.8 Å². The van der Waals surface area contributed by atoms with Gasteiger partial charge in [0.2, 0.25) is 5.91 Å². The van der Waals surface area contributed by atoms with Gasteiger partial charge in [0.15, 0.2) is 0 Å². The van der Waals surface area contributed by atoms with Gasteiger partial charge in [-0.25, -0.2) is 0 Å². The first-order valence-corrected chi connectivity index (χ1v) is 8.85. The minimum Gasteiger partial charge on any atom is -0.324 e. The quantitative estimate of drug-likeness (QED) is 0.877. The predicted octanol–water partition coefficient (Wildman–Crippen LogP) is 2.91. The van der Waals surface area contributed by atoms with Crippen LogP contribution in [0.4, 0.5) is 0 Å². The predicted molar refractivity (Wildman–Crippen MR) is 90.5 cm³/mol. The molecule has 1 fully saturated rings. The summed E-state index contributed by atoms with van der Waals surface area (Å²) in [6, 6.07) is 10.2. The first-order valence-electron chi connectivity index (χ1n) is 7.62. The third-order valence-corrected chi connectivity index (χ3v) is 5.36. The number of hydrogen-bond donors (Lipinski definition) is 1. The van der Waals surface area contributed by atoms with Crippen molar-refractivity contribution in [1.82, 2.24) is 10.2 Å².